The van der Waals surface area contributed by atoms with Crippen molar-refractivity contribution in [2.75, 3.05) is 19.8 Å². The number of benzene rings is 2. The van der Waals surface area contributed by atoms with Crippen LogP contribution in [0, 0.1) is 17.7 Å². The lowest BCUT2D eigenvalue weighted by molar-refractivity contribution is -0.146. The third kappa shape index (κ3) is 4.92. The van der Waals surface area contributed by atoms with Gasteiger partial charge >= 0.3 is 0 Å². The first kappa shape index (κ1) is 24.6. The van der Waals surface area contributed by atoms with Gasteiger partial charge in [0.2, 0.25) is 15.9 Å². The van der Waals surface area contributed by atoms with E-state index in [1.165, 1.54) is 31.0 Å². The number of nitrogens with zero attached hydrogens (tertiary/aromatic N) is 1. The van der Waals surface area contributed by atoms with Crippen molar-refractivity contribution in [1.29, 1.82) is 0 Å². The fraction of sp³-hybridized carbons (Fsp3) is 0.464. The minimum atomic E-state index is -3.79. The molecular formula is C28H32FN3O4S. The first-order valence-corrected chi connectivity index (χ1v) is 14.7. The predicted octanol–water partition coefficient (Wildman–Crippen LogP) is 4.45. The van der Waals surface area contributed by atoms with Crippen LogP contribution in [-0.2, 0) is 19.6 Å². The molecule has 1 aliphatic heterocycles. The molecule has 0 unspecified atom stereocenters. The average Bonchev–Trinajstić information content (AvgIpc) is 3.72. The van der Waals surface area contributed by atoms with E-state index in [1.807, 2.05) is 23.1 Å². The number of halogens is 1. The molecule has 9 heteroatoms. The minimum absolute atomic E-state index is 0.0604. The van der Waals surface area contributed by atoms with Crippen molar-refractivity contribution in [3.8, 4) is 11.3 Å². The number of ether oxygens (including phenoxy) is 1. The van der Waals surface area contributed by atoms with E-state index in [2.05, 4.69) is 9.71 Å². The number of morpholine rings is 1. The number of hydrogen-bond acceptors (Lipinski definition) is 4. The Labute approximate surface area is 216 Å². The highest BCUT2D eigenvalue weighted by Crippen LogP contribution is 2.38. The van der Waals surface area contributed by atoms with Crippen molar-refractivity contribution < 1.29 is 22.3 Å². The molecule has 37 heavy (non-hydrogen) atoms. The van der Waals surface area contributed by atoms with Crippen LogP contribution in [0.15, 0.2) is 53.4 Å². The number of aromatic nitrogens is 1. The number of carbonyl (C=O) groups is 1. The van der Waals surface area contributed by atoms with Crippen LogP contribution in [0.5, 0.6) is 0 Å². The van der Waals surface area contributed by atoms with Crippen LogP contribution in [0.1, 0.15) is 38.5 Å². The number of amides is 1. The van der Waals surface area contributed by atoms with Crippen molar-refractivity contribution in [3.05, 3.63) is 54.3 Å². The van der Waals surface area contributed by atoms with Crippen LogP contribution < -0.4 is 4.72 Å². The lowest BCUT2D eigenvalue weighted by Gasteiger charge is -2.39. The summed E-state index contributed by atoms with van der Waals surface area (Å²) >= 11 is 0. The minimum Gasteiger partial charge on any atom is -0.377 e. The summed E-state index contributed by atoms with van der Waals surface area (Å²) in [6.07, 6.45) is 4.91. The standard InChI is InChI=1S/C28H32FN3O4S/c29-26-23-13-12-22(16-24(23)30-27(26)19-4-2-1-3-5-19)37(34,35)31-21-10-8-20(9-11-21)28(33)32-14-15-36-17-25(32)18-6-7-18/h1-5,12-13,16,18,20-21,25,30-31H,6-11,14-15,17H2/t20?,21?,25-/m1/s1. The molecule has 0 bridgehead atoms. The molecule has 2 heterocycles. The lowest BCUT2D eigenvalue weighted by Crippen LogP contribution is -2.52. The van der Waals surface area contributed by atoms with E-state index in [1.54, 1.807) is 12.1 Å². The molecule has 1 aromatic heterocycles. The van der Waals surface area contributed by atoms with E-state index in [4.69, 9.17) is 4.74 Å². The largest absolute Gasteiger partial charge is 0.377 e. The zero-order chi connectivity index (χ0) is 25.6. The summed E-state index contributed by atoms with van der Waals surface area (Å²) in [6.45, 7) is 1.87. The zero-order valence-electron chi connectivity index (χ0n) is 20.7. The molecule has 1 saturated heterocycles. The molecule has 2 N–H and O–H groups in total. The van der Waals surface area contributed by atoms with Gasteiger partial charge in [0.15, 0.2) is 5.82 Å². The first-order valence-electron chi connectivity index (χ1n) is 13.2. The third-order valence-corrected chi connectivity index (χ3v) is 9.61. The van der Waals surface area contributed by atoms with Crippen LogP contribution in [0.25, 0.3) is 22.2 Å². The maximum atomic E-state index is 15.0. The van der Waals surface area contributed by atoms with Crippen molar-refractivity contribution in [3.63, 3.8) is 0 Å². The molecule has 2 aliphatic carbocycles. The highest BCUT2D eigenvalue weighted by Gasteiger charge is 2.41. The van der Waals surface area contributed by atoms with E-state index in [0.29, 0.717) is 73.5 Å². The highest BCUT2D eigenvalue weighted by atomic mass is 32.2. The summed E-state index contributed by atoms with van der Waals surface area (Å²) in [7, 11) is -3.79. The van der Waals surface area contributed by atoms with Crippen molar-refractivity contribution in [2.45, 2.75) is 55.5 Å². The highest BCUT2D eigenvalue weighted by molar-refractivity contribution is 7.89. The van der Waals surface area contributed by atoms with Crippen LogP contribution in [0.3, 0.4) is 0 Å². The maximum absolute atomic E-state index is 15.0. The quantitative estimate of drug-likeness (QED) is 0.498. The van der Waals surface area contributed by atoms with Crippen molar-refractivity contribution in [1.82, 2.24) is 14.6 Å². The predicted molar refractivity (Wildman–Crippen MR) is 139 cm³/mol. The second-order valence-electron chi connectivity index (χ2n) is 10.6. The average molecular weight is 526 g/mol. The van der Waals surface area contributed by atoms with Gasteiger partial charge in [-0.2, -0.15) is 0 Å². The summed E-state index contributed by atoms with van der Waals surface area (Å²) in [5.74, 6) is 0.316. The van der Waals surface area contributed by atoms with E-state index < -0.39 is 15.8 Å². The molecule has 7 nitrogen and oxygen atoms in total. The molecule has 2 aromatic carbocycles. The first-order chi connectivity index (χ1) is 17.9. The Balaban J connectivity index is 1.12. The van der Waals surface area contributed by atoms with Gasteiger partial charge in [-0.15, -0.1) is 0 Å². The zero-order valence-corrected chi connectivity index (χ0v) is 21.5. The molecule has 0 radical (unpaired) electrons. The fourth-order valence-corrected chi connectivity index (χ4v) is 7.19. The van der Waals surface area contributed by atoms with Crippen molar-refractivity contribution in [2.24, 2.45) is 11.8 Å². The summed E-state index contributed by atoms with van der Waals surface area (Å²) in [6, 6.07) is 13.5. The van der Waals surface area contributed by atoms with E-state index in [0.717, 1.165) is 0 Å². The van der Waals surface area contributed by atoms with Crippen LogP contribution in [-0.4, -0.2) is 56.1 Å². The van der Waals surface area contributed by atoms with Gasteiger partial charge in [-0.3, -0.25) is 4.79 Å². The van der Waals surface area contributed by atoms with Crippen molar-refractivity contribution >= 4 is 26.8 Å². The number of rotatable bonds is 6. The molecule has 3 aromatic rings. The van der Waals surface area contributed by atoms with E-state index >= 15 is 0 Å². The number of nitrogens with one attached hydrogen (secondary N) is 2. The number of sulfonamides is 1. The Morgan fingerprint density at radius 1 is 1.03 bits per heavy atom. The lowest BCUT2D eigenvalue weighted by atomic mass is 9.85. The number of fused-ring (bicyclic) bond motifs is 1. The molecular weight excluding hydrogens is 493 g/mol. The molecule has 1 amide bonds. The smallest absolute Gasteiger partial charge is 0.240 e. The molecule has 3 aliphatic rings. The Hall–Kier alpha value is -2.75. The van der Waals surface area contributed by atoms with Gasteiger partial charge in [0.05, 0.1) is 35.4 Å². The van der Waals surface area contributed by atoms with Crippen LogP contribution in [0.2, 0.25) is 0 Å². The van der Waals surface area contributed by atoms with Gasteiger partial charge in [-0.1, -0.05) is 30.3 Å². The molecule has 1 atom stereocenters. The Bertz CT molecular complexity index is 1400. The van der Waals surface area contributed by atoms with Crippen LogP contribution >= 0.6 is 0 Å². The summed E-state index contributed by atoms with van der Waals surface area (Å²) < 4.78 is 49.8. The monoisotopic (exact) mass is 525 g/mol. The molecule has 2 saturated carbocycles. The number of H-pyrrole nitrogens is 1. The third-order valence-electron chi connectivity index (χ3n) is 8.09. The van der Waals surface area contributed by atoms with Gasteiger partial charge in [0, 0.05) is 29.5 Å². The second-order valence-corrected chi connectivity index (χ2v) is 12.3. The van der Waals surface area contributed by atoms with Gasteiger partial charge in [0.1, 0.15) is 0 Å². The summed E-state index contributed by atoms with van der Waals surface area (Å²) in [5, 5.41) is 0.351. The topological polar surface area (TPSA) is 91.5 Å². The SMILES string of the molecule is O=C(C1CCC(NS(=O)(=O)c2ccc3c(F)c(-c4ccccc4)[nH]c3c2)CC1)N1CCOC[C@@H]1C1CC1. The molecule has 3 fully saturated rings. The Morgan fingerprint density at radius 3 is 2.51 bits per heavy atom. The molecule has 6 rings (SSSR count). The molecule has 196 valence electrons. The van der Waals surface area contributed by atoms with Gasteiger partial charge in [-0.05, 0) is 62.6 Å². The summed E-state index contributed by atoms with van der Waals surface area (Å²) in [5.41, 5.74) is 1.47. The number of carbonyl (C=O) groups excluding carboxylic acids is 1. The number of aromatic amines is 1. The molecule has 0 spiro atoms. The fourth-order valence-electron chi connectivity index (χ4n) is 5.86. The van der Waals surface area contributed by atoms with Gasteiger partial charge < -0.3 is 14.6 Å². The van der Waals surface area contributed by atoms with E-state index in [-0.39, 0.29) is 28.8 Å². The summed E-state index contributed by atoms with van der Waals surface area (Å²) in [4.78, 5) is 18.4. The number of hydrogen-bond donors (Lipinski definition) is 2. The maximum Gasteiger partial charge on any atom is 0.240 e. The Morgan fingerprint density at radius 2 is 1.78 bits per heavy atom. The van der Waals surface area contributed by atoms with E-state index in [9.17, 15) is 17.6 Å². The van der Waals surface area contributed by atoms with Gasteiger partial charge in [-0.25, -0.2) is 17.5 Å². The van der Waals surface area contributed by atoms with Gasteiger partial charge in [0.25, 0.3) is 0 Å². The second kappa shape index (κ2) is 9.85. The Kier molecular flexibility index (Phi) is 6.54. The van der Waals surface area contributed by atoms with Crippen LogP contribution in [0.4, 0.5) is 4.39 Å². The normalized spacial score (nSPS) is 24.9.